The fourth-order valence-electron chi connectivity index (χ4n) is 1.72. The monoisotopic (exact) mass is 227 g/mol. The summed E-state index contributed by atoms with van der Waals surface area (Å²) in [6.45, 7) is 5.05. The summed E-state index contributed by atoms with van der Waals surface area (Å²) in [4.78, 5) is 8.74. The number of hydrogen-bond donors (Lipinski definition) is 1. The van der Waals surface area contributed by atoms with Crippen molar-refractivity contribution < 1.29 is 0 Å². The van der Waals surface area contributed by atoms with Crippen LogP contribution in [0, 0.1) is 0 Å². The van der Waals surface area contributed by atoms with Gasteiger partial charge in [0.25, 0.3) is 0 Å². The molecule has 3 nitrogen and oxygen atoms in total. The standard InChI is InChI=1S/C14H17N3/c1-3-11-6-5-7-12(8-11)13-9-15-10-14(17-13)16-4-2/h5-10H,3-4H2,1-2H3,(H,16,17). The Kier molecular flexibility index (Phi) is 3.70. The molecule has 17 heavy (non-hydrogen) atoms. The van der Waals surface area contributed by atoms with E-state index in [2.05, 4.69) is 46.5 Å². The van der Waals surface area contributed by atoms with Crippen LogP contribution in [0.3, 0.4) is 0 Å². The maximum absolute atomic E-state index is 4.53. The quantitative estimate of drug-likeness (QED) is 0.872. The van der Waals surface area contributed by atoms with Crippen molar-refractivity contribution in [1.82, 2.24) is 9.97 Å². The lowest BCUT2D eigenvalue weighted by molar-refractivity contribution is 1.12. The highest BCUT2D eigenvalue weighted by Gasteiger charge is 2.02. The first-order valence-corrected chi connectivity index (χ1v) is 5.98. The fraction of sp³-hybridized carbons (Fsp3) is 0.286. The van der Waals surface area contributed by atoms with Gasteiger partial charge < -0.3 is 5.32 Å². The molecule has 1 heterocycles. The molecular weight excluding hydrogens is 210 g/mol. The van der Waals surface area contributed by atoms with Crippen LogP contribution in [0.15, 0.2) is 36.7 Å². The summed E-state index contributed by atoms with van der Waals surface area (Å²) in [7, 11) is 0. The molecule has 0 aliphatic carbocycles. The highest BCUT2D eigenvalue weighted by molar-refractivity contribution is 5.60. The van der Waals surface area contributed by atoms with Gasteiger partial charge >= 0.3 is 0 Å². The van der Waals surface area contributed by atoms with E-state index in [9.17, 15) is 0 Å². The number of rotatable bonds is 4. The average Bonchev–Trinajstić information content (AvgIpc) is 2.40. The Morgan fingerprint density at radius 2 is 2.06 bits per heavy atom. The molecule has 0 amide bonds. The van der Waals surface area contributed by atoms with Crippen LogP contribution in [0.4, 0.5) is 5.82 Å². The van der Waals surface area contributed by atoms with E-state index in [-0.39, 0.29) is 0 Å². The van der Waals surface area contributed by atoms with E-state index in [4.69, 9.17) is 0 Å². The van der Waals surface area contributed by atoms with Crippen molar-refractivity contribution in [3.63, 3.8) is 0 Å². The molecule has 0 atom stereocenters. The van der Waals surface area contributed by atoms with Gasteiger partial charge in [-0.3, -0.25) is 4.98 Å². The van der Waals surface area contributed by atoms with Gasteiger partial charge in [-0.1, -0.05) is 25.1 Å². The van der Waals surface area contributed by atoms with E-state index in [0.717, 1.165) is 30.0 Å². The predicted octanol–water partition coefficient (Wildman–Crippen LogP) is 3.14. The molecule has 1 aromatic heterocycles. The Morgan fingerprint density at radius 1 is 1.18 bits per heavy atom. The van der Waals surface area contributed by atoms with Crippen LogP contribution in [-0.2, 0) is 6.42 Å². The zero-order valence-corrected chi connectivity index (χ0v) is 10.3. The molecule has 0 spiro atoms. The SMILES string of the molecule is CCNc1cncc(-c2cccc(CC)c2)n1. The number of benzene rings is 1. The normalized spacial score (nSPS) is 10.2. The highest BCUT2D eigenvalue weighted by atomic mass is 15.0. The van der Waals surface area contributed by atoms with E-state index in [0.29, 0.717) is 0 Å². The van der Waals surface area contributed by atoms with Crippen LogP contribution < -0.4 is 5.32 Å². The van der Waals surface area contributed by atoms with Crippen LogP contribution in [0.25, 0.3) is 11.3 Å². The van der Waals surface area contributed by atoms with Gasteiger partial charge in [0, 0.05) is 12.1 Å². The molecule has 0 bridgehead atoms. The molecule has 0 unspecified atom stereocenters. The summed E-state index contributed by atoms with van der Waals surface area (Å²) in [5.74, 6) is 0.826. The average molecular weight is 227 g/mol. The van der Waals surface area contributed by atoms with Crippen molar-refractivity contribution in [2.75, 3.05) is 11.9 Å². The molecule has 1 aromatic carbocycles. The zero-order chi connectivity index (χ0) is 12.1. The second-order valence-corrected chi connectivity index (χ2v) is 3.87. The number of hydrogen-bond acceptors (Lipinski definition) is 3. The summed E-state index contributed by atoms with van der Waals surface area (Å²) in [6, 6.07) is 8.43. The molecule has 0 radical (unpaired) electrons. The Hall–Kier alpha value is -1.90. The minimum Gasteiger partial charge on any atom is -0.369 e. The van der Waals surface area contributed by atoms with Gasteiger partial charge in [-0.05, 0) is 25.0 Å². The van der Waals surface area contributed by atoms with Crippen molar-refractivity contribution in [3.05, 3.63) is 42.2 Å². The smallest absolute Gasteiger partial charge is 0.145 e. The number of nitrogens with zero attached hydrogens (tertiary/aromatic N) is 2. The molecule has 2 rings (SSSR count). The van der Waals surface area contributed by atoms with Gasteiger partial charge in [0.05, 0.1) is 18.1 Å². The predicted molar refractivity (Wildman–Crippen MR) is 71.0 cm³/mol. The lowest BCUT2D eigenvalue weighted by atomic mass is 10.1. The van der Waals surface area contributed by atoms with Crippen molar-refractivity contribution in [3.8, 4) is 11.3 Å². The minimum absolute atomic E-state index is 0.826. The third kappa shape index (κ3) is 2.81. The third-order valence-electron chi connectivity index (χ3n) is 2.62. The Balaban J connectivity index is 2.34. The summed E-state index contributed by atoms with van der Waals surface area (Å²) >= 11 is 0. The number of aromatic nitrogens is 2. The first-order valence-electron chi connectivity index (χ1n) is 5.98. The minimum atomic E-state index is 0.826. The van der Waals surface area contributed by atoms with Crippen LogP contribution in [-0.4, -0.2) is 16.5 Å². The molecule has 2 aromatic rings. The Labute approximate surface area is 102 Å². The second kappa shape index (κ2) is 5.43. The van der Waals surface area contributed by atoms with Gasteiger partial charge in [0.15, 0.2) is 0 Å². The van der Waals surface area contributed by atoms with Gasteiger partial charge in [-0.25, -0.2) is 4.98 Å². The molecule has 0 saturated carbocycles. The second-order valence-electron chi connectivity index (χ2n) is 3.87. The van der Waals surface area contributed by atoms with Crippen molar-refractivity contribution in [2.45, 2.75) is 20.3 Å². The zero-order valence-electron chi connectivity index (χ0n) is 10.3. The third-order valence-corrected chi connectivity index (χ3v) is 2.62. The highest BCUT2D eigenvalue weighted by Crippen LogP contribution is 2.19. The molecular formula is C14H17N3. The lowest BCUT2D eigenvalue weighted by Crippen LogP contribution is -2.00. The molecule has 0 saturated heterocycles. The number of nitrogens with one attached hydrogen (secondary N) is 1. The maximum Gasteiger partial charge on any atom is 0.145 e. The van der Waals surface area contributed by atoms with Gasteiger partial charge in [0.1, 0.15) is 5.82 Å². The largest absolute Gasteiger partial charge is 0.369 e. The molecule has 0 aliphatic heterocycles. The fourth-order valence-corrected chi connectivity index (χ4v) is 1.72. The molecule has 0 fully saturated rings. The van der Waals surface area contributed by atoms with Crippen LogP contribution in [0.5, 0.6) is 0 Å². The van der Waals surface area contributed by atoms with E-state index in [1.807, 2.05) is 6.92 Å². The molecule has 3 heteroatoms. The van der Waals surface area contributed by atoms with E-state index in [1.165, 1.54) is 5.56 Å². The van der Waals surface area contributed by atoms with Gasteiger partial charge in [-0.2, -0.15) is 0 Å². The lowest BCUT2D eigenvalue weighted by Gasteiger charge is -2.06. The topological polar surface area (TPSA) is 37.8 Å². The molecule has 1 N–H and O–H groups in total. The van der Waals surface area contributed by atoms with E-state index < -0.39 is 0 Å². The number of aryl methyl sites for hydroxylation is 1. The molecule has 0 aliphatic rings. The van der Waals surface area contributed by atoms with Crippen molar-refractivity contribution in [2.24, 2.45) is 0 Å². The van der Waals surface area contributed by atoms with Crippen LogP contribution in [0.1, 0.15) is 19.4 Å². The Morgan fingerprint density at radius 3 is 2.82 bits per heavy atom. The maximum atomic E-state index is 4.53. The summed E-state index contributed by atoms with van der Waals surface area (Å²) in [5, 5.41) is 3.17. The summed E-state index contributed by atoms with van der Waals surface area (Å²) in [6.07, 6.45) is 4.58. The number of anilines is 1. The van der Waals surface area contributed by atoms with Crippen molar-refractivity contribution in [1.29, 1.82) is 0 Å². The Bertz CT molecular complexity index is 494. The summed E-state index contributed by atoms with van der Waals surface area (Å²) < 4.78 is 0. The van der Waals surface area contributed by atoms with Crippen LogP contribution in [0.2, 0.25) is 0 Å². The van der Waals surface area contributed by atoms with Gasteiger partial charge in [-0.15, -0.1) is 0 Å². The first kappa shape index (κ1) is 11.6. The van der Waals surface area contributed by atoms with E-state index >= 15 is 0 Å². The van der Waals surface area contributed by atoms with Gasteiger partial charge in [0.2, 0.25) is 0 Å². The van der Waals surface area contributed by atoms with E-state index in [1.54, 1.807) is 12.4 Å². The van der Waals surface area contributed by atoms with Crippen LogP contribution >= 0.6 is 0 Å². The summed E-state index contributed by atoms with van der Waals surface area (Å²) in [5.41, 5.74) is 3.36. The first-order chi connectivity index (χ1) is 8.33. The van der Waals surface area contributed by atoms with Crippen molar-refractivity contribution >= 4 is 5.82 Å². The molecule has 88 valence electrons.